The number of nitrogens with one attached hydrogen (secondary N) is 1. The van der Waals surface area contributed by atoms with Crippen LogP contribution >= 0.6 is 11.6 Å². The van der Waals surface area contributed by atoms with Crippen LogP contribution in [0.4, 0.5) is 5.69 Å². The van der Waals surface area contributed by atoms with E-state index in [4.69, 9.17) is 11.6 Å². The van der Waals surface area contributed by atoms with Crippen LogP contribution in [0, 0.1) is 10.1 Å². The van der Waals surface area contributed by atoms with Gasteiger partial charge in [0.05, 0.1) is 22.4 Å². The van der Waals surface area contributed by atoms with Crippen molar-refractivity contribution in [3.05, 3.63) is 56.9 Å². The Balaban J connectivity index is 2.02. The van der Waals surface area contributed by atoms with E-state index in [1.807, 2.05) is 0 Å². The lowest BCUT2D eigenvalue weighted by molar-refractivity contribution is -0.384. The van der Waals surface area contributed by atoms with Crippen LogP contribution in [0.1, 0.15) is 16.1 Å². The summed E-state index contributed by atoms with van der Waals surface area (Å²) < 4.78 is 1.33. The molecule has 2 aromatic rings. The van der Waals surface area contributed by atoms with Gasteiger partial charge < -0.3 is 0 Å². The van der Waals surface area contributed by atoms with Gasteiger partial charge in [-0.05, 0) is 17.7 Å². The molecule has 0 radical (unpaired) electrons. The van der Waals surface area contributed by atoms with Crippen molar-refractivity contribution < 1.29 is 9.72 Å². The predicted molar refractivity (Wildman–Crippen MR) is 76.4 cm³/mol. The zero-order valence-corrected chi connectivity index (χ0v) is 11.6. The van der Waals surface area contributed by atoms with Crippen LogP contribution in [0.5, 0.6) is 0 Å². The molecule has 1 aromatic carbocycles. The maximum absolute atomic E-state index is 11.8. The lowest BCUT2D eigenvalue weighted by Gasteiger charge is -2.00. The summed E-state index contributed by atoms with van der Waals surface area (Å²) in [5.74, 6) is -0.502. The third kappa shape index (κ3) is 3.42. The molecule has 0 atom stereocenters. The summed E-state index contributed by atoms with van der Waals surface area (Å²) in [4.78, 5) is 21.8. The largest absolute Gasteiger partial charge is 0.291 e. The molecule has 21 heavy (non-hydrogen) atoms. The Kier molecular flexibility index (Phi) is 4.29. The number of rotatable bonds is 4. The zero-order chi connectivity index (χ0) is 15.4. The van der Waals surface area contributed by atoms with E-state index in [9.17, 15) is 14.9 Å². The van der Waals surface area contributed by atoms with E-state index < -0.39 is 10.8 Å². The molecule has 0 spiro atoms. The number of nitro benzene ring substituents is 1. The van der Waals surface area contributed by atoms with E-state index in [2.05, 4.69) is 15.6 Å². The average molecular weight is 308 g/mol. The number of amides is 1. The first-order chi connectivity index (χ1) is 9.99. The van der Waals surface area contributed by atoms with Crippen LogP contribution in [0.15, 0.2) is 35.6 Å². The molecule has 0 unspecified atom stereocenters. The van der Waals surface area contributed by atoms with Crippen LogP contribution in [0.2, 0.25) is 5.02 Å². The molecular formula is C12H10ClN5O3. The van der Waals surface area contributed by atoms with Gasteiger partial charge in [-0.15, -0.1) is 0 Å². The minimum Gasteiger partial charge on any atom is -0.266 e. The summed E-state index contributed by atoms with van der Waals surface area (Å²) in [6.45, 7) is 0. The highest BCUT2D eigenvalue weighted by molar-refractivity contribution is 6.33. The first kappa shape index (κ1) is 14.7. The molecule has 2 rings (SSSR count). The Morgan fingerprint density at radius 2 is 2.14 bits per heavy atom. The molecule has 0 aliphatic rings. The van der Waals surface area contributed by atoms with Crippen LogP contribution in [0.25, 0.3) is 0 Å². The molecule has 1 N–H and O–H groups in total. The van der Waals surface area contributed by atoms with Gasteiger partial charge in [0, 0.05) is 19.2 Å². The van der Waals surface area contributed by atoms with Crippen molar-refractivity contribution >= 4 is 29.4 Å². The number of benzene rings is 1. The van der Waals surface area contributed by atoms with Crippen LogP contribution < -0.4 is 5.43 Å². The second-order valence-corrected chi connectivity index (χ2v) is 4.42. The fourth-order valence-corrected chi connectivity index (χ4v) is 1.82. The quantitative estimate of drug-likeness (QED) is 0.528. The summed E-state index contributed by atoms with van der Waals surface area (Å²) in [6, 6.07) is 5.73. The number of non-ortho nitro benzene ring substituents is 1. The highest BCUT2D eigenvalue weighted by Gasteiger charge is 2.14. The third-order valence-corrected chi connectivity index (χ3v) is 2.87. The molecule has 0 aliphatic carbocycles. The number of aromatic nitrogens is 2. The van der Waals surface area contributed by atoms with Crippen molar-refractivity contribution in [1.82, 2.24) is 15.2 Å². The molecule has 108 valence electrons. The number of nitro groups is 1. The van der Waals surface area contributed by atoms with Gasteiger partial charge in [-0.25, -0.2) is 5.43 Å². The molecule has 0 saturated heterocycles. The molecular weight excluding hydrogens is 298 g/mol. The van der Waals surface area contributed by atoms with Gasteiger partial charge in [-0.1, -0.05) is 11.6 Å². The number of carbonyl (C=O) groups is 1. The van der Waals surface area contributed by atoms with E-state index >= 15 is 0 Å². The maximum Gasteiger partial charge on any atom is 0.291 e. The summed E-state index contributed by atoms with van der Waals surface area (Å²) in [5, 5.41) is 18.3. The van der Waals surface area contributed by atoms with Gasteiger partial charge in [-0.3, -0.25) is 19.6 Å². The zero-order valence-electron chi connectivity index (χ0n) is 10.9. The molecule has 8 nitrogen and oxygen atoms in total. The number of carbonyl (C=O) groups excluding carboxylic acids is 1. The Hall–Kier alpha value is -2.74. The topological polar surface area (TPSA) is 102 Å². The summed E-state index contributed by atoms with van der Waals surface area (Å²) in [7, 11) is 1.58. The second-order valence-electron chi connectivity index (χ2n) is 4.01. The van der Waals surface area contributed by atoms with E-state index in [-0.39, 0.29) is 16.4 Å². The lowest BCUT2D eigenvalue weighted by Crippen LogP contribution is -2.21. The molecule has 1 heterocycles. The molecule has 9 heteroatoms. The number of hydrogen-bond acceptors (Lipinski definition) is 5. The second kappa shape index (κ2) is 6.14. The van der Waals surface area contributed by atoms with Gasteiger partial charge in [0.15, 0.2) is 0 Å². The van der Waals surface area contributed by atoms with Crippen LogP contribution in [0.3, 0.4) is 0 Å². The van der Waals surface area contributed by atoms with Gasteiger partial charge in [0.1, 0.15) is 5.69 Å². The SMILES string of the molecule is Cn1ncc(Cl)c1C(=O)N/N=C/c1ccc([N+](=O)[O-])cc1. The third-order valence-electron chi connectivity index (χ3n) is 2.59. The van der Waals surface area contributed by atoms with Crippen molar-refractivity contribution in [3.8, 4) is 0 Å². The fourth-order valence-electron chi connectivity index (χ4n) is 1.57. The van der Waals surface area contributed by atoms with Gasteiger partial charge in [0.2, 0.25) is 0 Å². The first-order valence-electron chi connectivity index (χ1n) is 5.74. The van der Waals surface area contributed by atoms with E-state index in [1.165, 1.54) is 41.4 Å². The molecule has 0 saturated carbocycles. The van der Waals surface area contributed by atoms with E-state index in [0.29, 0.717) is 5.56 Å². The Bertz CT molecular complexity index is 689. The van der Waals surface area contributed by atoms with Crippen molar-refractivity contribution in [2.45, 2.75) is 0 Å². The molecule has 0 bridgehead atoms. The molecule has 1 aromatic heterocycles. The normalized spacial score (nSPS) is 10.8. The van der Waals surface area contributed by atoms with Crippen molar-refractivity contribution in [2.24, 2.45) is 12.1 Å². The minimum atomic E-state index is -0.502. The number of nitrogens with zero attached hydrogens (tertiary/aromatic N) is 4. The Labute approximate surface area is 124 Å². The average Bonchev–Trinajstić information content (AvgIpc) is 2.78. The van der Waals surface area contributed by atoms with Crippen LogP contribution in [-0.4, -0.2) is 26.8 Å². The van der Waals surface area contributed by atoms with Crippen molar-refractivity contribution in [2.75, 3.05) is 0 Å². The number of hydrogen-bond donors (Lipinski definition) is 1. The Morgan fingerprint density at radius 1 is 1.48 bits per heavy atom. The molecule has 0 fully saturated rings. The van der Waals surface area contributed by atoms with E-state index in [1.54, 1.807) is 7.05 Å². The highest BCUT2D eigenvalue weighted by Crippen LogP contribution is 2.13. The molecule has 1 amide bonds. The van der Waals surface area contributed by atoms with Crippen LogP contribution in [-0.2, 0) is 7.05 Å². The standard InChI is InChI=1S/C12H10ClN5O3/c1-17-11(10(13)7-15-17)12(19)16-14-6-8-2-4-9(5-3-8)18(20)21/h2-7H,1H3,(H,16,19)/b14-6+. The smallest absolute Gasteiger partial charge is 0.266 e. The first-order valence-corrected chi connectivity index (χ1v) is 6.12. The monoisotopic (exact) mass is 307 g/mol. The van der Waals surface area contributed by atoms with Gasteiger partial charge in [0.25, 0.3) is 11.6 Å². The van der Waals surface area contributed by atoms with Gasteiger partial charge >= 0.3 is 0 Å². The van der Waals surface area contributed by atoms with Crippen molar-refractivity contribution in [3.63, 3.8) is 0 Å². The highest BCUT2D eigenvalue weighted by atomic mass is 35.5. The lowest BCUT2D eigenvalue weighted by atomic mass is 10.2. The van der Waals surface area contributed by atoms with E-state index in [0.717, 1.165) is 0 Å². The summed E-state index contributed by atoms with van der Waals surface area (Å²) in [6.07, 6.45) is 2.72. The summed E-state index contributed by atoms with van der Waals surface area (Å²) in [5.41, 5.74) is 3.09. The van der Waals surface area contributed by atoms with Crippen molar-refractivity contribution in [1.29, 1.82) is 0 Å². The number of hydrazone groups is 1. The molecule has 0 aliphatic heterocycles. The maximum atomic E-state index is 11.8. The number of aryl methyl sites for hydroxylation is 1. The van der Waals surface area contributed by atoms with Gasteiger partial charge in [-0.2, -0.15) is 10.2 Å². The predicted octanol–water partition coefficient (Wildman–Crippen LogP) is 1.75. The Morgan fingerprint density at radius 3 is 2.67 bits per heavy atom. The number of halogens is 1. The fraction of sp³-hybridized carbons (Fsp3) is 0.0833. The summed E-state index contributed by atoms with van der Waals surface area (Å²) >= 11 is 5.82. The minimum absolute atomic E-state index is 0.0159.